The Morgan fingerprint density at radius 1 is 1.12 bits per heavy atom. The summed E-state index contributed by atoms with van der Waals surface area (Å²) in [4.78, 5) is 23.7. The minimum absolute atomic E-state index is 0.0227. The minimum Gasteiger partial charge on any atom is -0.482 e. The lowest BCUT2D eigenvalue weighted by Gasteiger charge is -2.17. The standard InChI is InChI=1S/C18H12ClNO5/c19-12-5-10(6-16-18(12)25-9-24-16)1-3-14(21)11-2-4-15-13(7-11)20-17(22)8-23-15/h1-7H,8-9H2,(H,20,22). The van der Waals surface area contributed by atoms with E-state index in [1.165, 1.54) is 6.08 Å². The smallest absolute Gasteiger partial charge is 0.262 e. The van der Waals surface area contributed by atoms with Crippen LogP contribution in [-0.4, -0.2) is 25.1 Å². The average Bonchev–Trinajstić information content (AvgIpc) is 3.08. The van der Waals surface area contributed by atoms with E-state index in [1.807, 2.05) is 0 Å². The highest BCUT2D eigenvalue weighted by Gasteiger charge is 2.19. The summed E-state index contributed by atoms with van der Waals surface area (Å²) in [6.45, 7) is 0.106. The van der Waals surface area contributed by atoms with Crippen molar-refractivity contribution in [1.29, 1.82) is 0 Å². The lowest BCUT2D eigenvalue weighted by molar-refractivity contribution is -0.118. The molecule has 0 aliphatic carbocycles. The molecule has 2 aliphatic rings. The number of benzene rings is 2. The molecule has 0 spiro atoms. The van der Waals surface area contributed by atoms with Gasteiger partial charge in [0.2, 0.25) is 6.79 Å². The Morgan fingerprint density at radius 3 is 2.88 bits per heavy atom. The summed E-state index contributed by atoms with van der Waals surface area (Å²) in [5, 5.41) is 3.10. The zero-order chi connectivity index (χ0) is 17.4. The fraction of sp³-hybridized carbons (Fsp3) is 0.111. The fourth-order valence-corrected chi connectivity index (χ4v) is 2.86. The molecular formula is C18H12ClNO5. The van der Waals surface area contributed by atoms with Crippen LogP contribution in [0.15, 0.2) is 36.4 Å². The molecule has 0 atom stereocenters. The summed E-state index contributed by atoms with van der Waals surface area (Å²) in [5.74, 6) is 1.14. The number of anilines is 1. The van der Waals surface area contributed by atoms with Gasteiger partial charge in [-0.05, 0) is 42.0 Å². The molecule has 1 N–H and O–H groups in total. The maximum absolute atomic E-state index is 12.4. The van der Waals surface area contributed by atoms with Gasteiger partial charge >= 0.3 is 0 Å². The molecule has 126 valence electrons. The summed E-state index contributed by atoms with van der Waals surface area (Å²) >= 11 is 6.12. The Balaban J connectivity index is 1.56. The van der Waals surface area contributed by atoms with Crippen LogP contribution >= 0.6 is 11.6 Å². The average molecular weight is 358 g/mol. The Morgan fingerprint density at radius 2 is 2.00 bits per heavy atom. The van der Waals surface area contributed by atoms with Crippen LogP contribution in [0.25, 0.3) is 6.08 Å². The zero-order valence-electron chi connectivity index (χ0n) is 12.9. The first-order valence-electron chi connectivity index (χ1n) is 7.48. The molecule has 0 bridgehead atoms. The van der Waals surface area contributed by atoms with E-state index >= 15 is 0 Å². The number of carbonyl (C=O) groups excluding carboxylic acids is 2. The second-order valence-corrected chi connectivity index (χ2v) is 5.89. The van der Waals surface area contributed by atoms with E-state index in [9.17, 15) is 9.59 Å². The molecule has 0 saturated heterocycles. The molecule has 0 saturated carbocycles. The van der Waals surface area contributed by atoms with Gasteiger partial charge in [-0.15, -0.1) is 0 Å². The van der Waals surface area contributed by atoms with Crippen molar-refractivity contribution in [3.63, 3.8) is 0 Å². The van der Waals surface area contributed by atoms with Gasteiger partial charge in [-0.2, -0.15) is 0 Å². The Kier molecular flexibility index (Phi) is 3.82. The maximum Gasteiger partial charge on any atom is 0.262 e. The van der Waals surface area contributed by atoms with Gasteiger partial charge in [-0.1, -0.05) is 17.7 Å². The molecule has 2 aromatic rings. The second kappa shape index (κ2) is 6.14. The van der Waals surface area contributed by atoms with Gasteiger partial charge in [0.1, 0.15) is 5.75 Å². The summed E-state index contributed by atoms with van der Waals surface area (Å²) in [7, 11) is 0. The number of carbonyl (C=O) groups is 2. The molecule has 0 aromatic heterocycles. The van der Waals surface area contributed by atoms with Crippen LogP contribution in [0.3, 0.4) is 0 Å². The van der Waals surface area contributed by atoms with E-state index in [0.29, 0.717) is 33.5 Å². The van der Waals surface area contributed by atoms with Crippen LogP contribution in [0.1, 0.15) is 15.9 Å². The van der Waals surface area contributed by atoms with Gasteiger partial charge in [-0.25, -0.2) is 0 Å². The summed E-state index contributed by atoms with van der Waals surface area (Å²) in [6, 6.07) is 8.34. The van der Waals surface area contributed by atoms with Crippen molar-refractivity contribution in [2.45, 2.75) is 0 Å². The number of amides is 1. The molecule has 0 fully saturated rings. The normalized spacial score (nSPS) is 14.8. The van der Waals surface area contributed by atoms with Crippen molar-refractivity contribution >= 4 is 35.1 Å². The number of hydrogen-bond donors (Lipinski definition) is 1. The molecule has 2 heterocycles. The third-order valence-corrected chi connectivity index (χ3v) is 4.05. The van der Waals surface area contributed by atoms with Crippen molar-refractivity contribution in [3.05, 3.63) is 52.6 Å². The second-order valence-electron chi connectivity index (χ2n) is 5.48. The van der Waals surface area contributed by atoms with Crippen molar-refractivity contribution in [2.24, 2.45) is 0 Å². The first-order valence-corrected chi connectivity index (χ1v) is 7.86. The van der Waals surface area contributed by atoms with Crippen LogP contribution in [0.4, 0.5) is 5.69 Å². The predicted molar refractivity (Wildman–Crippen MR) is 91.5 cm³/mol. The van der Waals surface area contributed by atoms with E-state index in [-0.39, 0.29) is 25.1 Å². The van der Waals surface area contributed by atoms with Gasteiger partial charge in [0.05, 0.1) is 10.7 Å². The third kappa shape index (κ3) is 3.04. The molecule has 25 heavy (non-hydrogen) atoms. The highest BCUT2D eigenvalue weighted by atomic mass is 35.5. The largest absolute Gasteiger partial charge is 0.482 e. The van der Waals surface area contributed by atoms with Crippen molar-refractivity contribution in [1.82, 2.24) is 0 Å². The molecule has 7 heteroatoms. The number of ketones is 1. The molecule has 1 amide bonds. The van der Waals surface area contributed by atoms with Crippen molar-refractivity contribution < 1.29 is 23.8 Å². The van der Waals surface area contributed by atoms with Gasteiger partial charge in [0, 0.05) is 5.56 Å². The minimum atomic E-state index is -0.248. The van der Waals surface area contributed by atoms with Gasteiger partial charge < -0.3 is 19.5 Å². The quantitative estimate of drug-likeness (QED) is 0.674. The number of halogens is 1. The highest BCUT2D eigenvalue weighted by Crippen LogP contribution is 2.40. The molecule has 4 rings (SSSR count). The highest BCUT2D eigenvalue weighted by molar-refractivity contribution is 6.32. The topological polar surface area (TPSA) is 73.9 Å². The van der Waals surface area contributed by atoms with Gasteiger partial charge in [-0.3, -0.25) is 9.59 Å². The maximum atomic E-state index is 12.4. The third-order valence-electron chi connectivity index (χ3n) is 3.77. The Hall–Kier alpha value is -2.99. The first kappa shape index (κ1) is 15.5. The number of hydrogen-bond acceptors (Lipinski definition) is 5. The zero-order valence-corrected chi connectivity index (χ0v) is 13.6. The molecule has 6 nitrogen and oxygen atoms in total. The number of fused-ring (bicyclic) bond motifs is 2. The molecule has 2 aromatic carbocycles. The molecule has 0 radical (unpaired) electrons. The van der Waals surface area contributed by atoms with E-state index in [2.05, 4.69) is 5.32 Å². The van der Waals surface area contributed by atoms with E-state index in [0.717, 1.165) is 5.56 Å². The summed E-state index contributed by atoms with van der Waals surface area (Å²) < 4.78 is 15.8. The van der Waals surface area contributed by atoms with E-state index in [4.69, 9.17) is 25.8 Å². The summed E-state index contributed by atoms with van der Waals surface area (Å²) in [5.41, 5.74) is 1.64. The number of rotatable bonds is 3. The number of nitrogens with one attached hydrogen (secondary N) is 1. The monoisotopic (exact) mass is 357 g/mol. The fourth-order valence-electron chi connectivity index (χ4n) is 2.59. The van der Waals surface area contributed by atoms with Crippen molar-refractivity contribution in [2.75, 3.05) is 18.7 Å². The molecule has 2 aliphatic heterocycles. The lowest BCUT2D eigenvalue weighted by atomic mass is 10.1. The number of ether oxygens (including phenoxy) is 3. The van der Waals surface area contributed by atoms with Gasteiger partial charge in [0.25, 0.3) is 5.91 Å². The van der Waals surface area contributed by atoms with E-state index in [1.54, 1.807) is 36.4 Å². The lowest BCUT2D eigenvalue weighted by Crippen LogP contribution is -2.25. The van der Waals surface area contributed by atoms with E-state index < -0.39 is 0 Å². The summed E-state index contributed by atoms with van der Waals surface area (Å²) in [6.07, 6.45) is 3.08. The van der Waals surface area contributed by atoms with Crippen LogP contribution in [0, 0.1) is 0 Å². The van der Waals surface area contributed by atoms with Crippen molar-refractivity contribution in [3.8, 4) is 17.2 Å². The molecule has 0 unspecified atom stereocenters. The predicted octanol–water partition coefficient (Wildman–Crippen LogP) is 3.30. The van der Waals surface area contributed by atoms with Crippen LogP contribution in [0.2, 0.25) is 5.02 Å². The van der Waals surface area contributed by atoms with Crippen LogP contribution in [0.5, 0.6) is 17.2 Å². The van der Waals surface area contributed by atoms with Crippen LogP contribution < -0.4 is 19.5 Å². The van der Waals surface area contributed by atoms with Gasteiger partial charge in [0.15, 0.2) is 23.9 Å². The van der Waals surface area contributed by atoms with Crippen LogP contribution in [-0.2, 0) is 4.79 Å². The molecular weight excluding hydrogens is 346 g/mol. The SMILES string of the molecule is O=C1COc2ccc(C(=O)C=Cc3cc(Cl)c4c(c3)OCO4)cc2N1. The Bertz CT molecular complexity index is 922. The first-order chi connectivity index (χ1) is 12.1. The number of allylic oxidation sites excluding steroid dienone is 1. The Labute approximate surface area is 147 Å².